The molecule has 0 aliphatic carbocycles. The molecular formula is C22H21N3O4. The highest BCUT2D eigenvalue weighted by molar-refractivity contribution is 6.00. The van der Waals surface area contributed by atoms with E-state index in [1.54, 1.807) is 0 Å². The monoisotopic (exact) mass is 391 g/mol. The molecule has 3 N–H and O–H groups in total. The summed E-state index contributed by atoms with van der Waals surface area (Å²) < 4.78 is 0. The topological polar surface area (TPSA) is 104 Å². The van der Waals surface area contributed by atoms with Gasteiger partial charge in [0.05, 0.1) is 16.6 Å². The van der Waals surface area contributed by atoms with Crippen LogP contribution in [0.4, 0.5) is 11.4 Å². The Kier molecular flexibility index (Phi) is 6.21. The number of hydrogen-bond donors (Lipinski definition) is 3. The van der Waals surface area contributed by atoms with Crippen LogP contribution in [0.5, 0.6) is 0 Å². The minimum absolute atomic E-state index is 0.145. The maximum atomic E-state index is 12.1. The number of nitrogens with zero attached hydrogens (tertiary/aromatic N) is 1. The lowest BCUT2D eigenvalue weighted by molar-refractivity contribution is -0.384. The van der Waals surface area contributed by atoms with Crippen molar-refractivity contribution in [3.63, 3.8) is 0 Å². The summed E-state index contributed by atoms with van der Waals surface area (Å²) in [6, 6.07) is 21.5. The summed E-state index contributed by atoms with van der Waals surface area (Å²) in [5.74, 6) is -0.446. The molecule has 0 aromatic heterocycles. The van der Waals surface area contributed by atoms with Crippen molar-refractivity contribution in [3.8, 4) is 11.1 Å². The van der Waals surface area contributed by atoms with E-state index in [9.17, 15) is 20.0 Å². The normalized spacial score (nSPS) is 11.5. The average Bonchev–Trinajstić information content (AvgIpc) is 2.77. The lowest BCUT2D eigenvalue weighted by Gasteiger charge is -2.16. The Morgan fingerprint density at radius 1 is 1.03 bits per heavy atom. The van der Waals surface area contributed by atoms with Crippen LogP contribution in [-0.4, -0.2) is 29.5 Å². The number of hydrogen-bond acceptors (Lipinski definition) is 5. The van der Waals surface area contributed by atoms with E-state index in [0.29, 0.717) is 5.69 Å². The van der Waals surface area contributed by atoms with Crippen LogP contribution in [0.15, 0.2) is 72.8 Å². The van der Waals surface area contributed by atoms with Gasteiger partial charge in [0.15, 0.2) is 0 Å². The summed E-state index contributed by atoms with van der Waals surface area (Å²) in [5, 5.41) is 26.9. The molecular weight excluding hydrogens is 370 g/mol. The van der Waals surface area contributed by atoms with Gasteiger partial charge < -0.3 is 15.7 Å². The third-order valence-corrected chi connectivity index (χ3v) is 4.57. The number of amides is 1. The second-order valence-corrected chi connectivity index (χ2v) is 6.45. The van der Waals surface area contributed by atoms with Crippen molar-refractivity contribution in [2.75, 3.05) is 18.9 Å². The summed E-state index contributed by atoms with van der Waals surface area (Å²) in [6.07, 6.45) is -0.812. The van der Waals surface area contributed by atoms with Gasteiger partial charge in [-0.3, -0.25) is 14.9 Å². The molecule has 0 spiro atoms. The van der Waals surface area contributed by atoms with Crippen LogP contribution < -0.4 is 10.6 Å². The van der Waals surface area contributed by atoms with E-state index < -0.39 is 16.9 Å². The minimum Gasteiger partial charge on any atom is -0.387 e. The van der Waals surface area contributed by atoms with E-state index in [1.165, 1.54) is 25.2 Å². The number of carbonyl (C=O) groups excluding carboxylic acids is 1. The number of nitrogens with one attached hydrogen (secondary N) is 2. The third-order valence-electron chi connectivity index (χ3n) is 4.57. The van der Waals surface area contributed by atoms with Crippen molar-refractivity contribution >= 4 is 17.3 Å². The molecule has 0 aliphatic rings. The van der Waals surface area contributed by atoms with Gasteiger partial charge in [-0.15, -0.1) is 0 Å². The van der Waals surface area contributed by atoms with Crippen molar-refractivity contribution in [2.24, 2.45) is 0 Å². The highest BCUT2D eigenvalue weighted by Crippen LogP contribution is 2.25. The molecule has 1 amide bonds. The van der Waals surface area contributed by atoms with Crippen LogP contribution in [0, 0.1) is 10.1 Å². The van der Waals surface area contributed by atoms with E-state index in [2.05, 4.69) is 10.6 Å². The predicted octanol–water partition coefficient (Wildman–Crippen LogP) is 3.77. The highest BCUT2D eigenvalue weighted by atomic mass is 16.6. The number of nitro groups is 1. The molecule has 29 heavy (non-hydrogen) atoms. The first-order chi connectivity index (χ1) is 14.0. The van der Waals surface area contributed by atoms with Crippen LogP contribution in [-0.2, 0) is 0 Å². The lowest BCUT2D eigenvalue weighted by Crippen LogP contribution is -2.21. The zero-order valence-corrected chi connectivity index (χ0v) is 15.8. The van der Waals surface area contributed by atoms with Crippen molar-refractivity contribution in [1.29, 1.82) is 0 Å². The molecule has 3 aromatic rings. The van der Waals surface area contributed by atoms with Crippen LogP contribution in [0.1, 0.15) is 22.0 Å². The maximum Gasteiger partial charge on any atom is 0.270 e. The molecule has 0 aliphatic heterocycles. The Morgan fingerprint density at radius 2 is 1.69 bits per heavy atom. The zero-order chi connectivity index (χ0) is 20.8. The summed E-state index contributed by atoms with van der Waals surface area (Å²) in [5.41, 5.74) is 3.24. The van der Waals surface area contributed by atoms with Gasteiger partial charge >= 0.3 is 0 Å². The van der Waals surface area contributed by atoms with E-state index in [0.717, 1.165) is 16.7 Å². The van der Waals surface area contributed by atoms with E-state index in [4.69, 9.17) is 0 Å². The first kappa shape index (κ1) is 20.0. The molecule has 148 valence electrons. The van der Waals surface area contributed by atoms with Crippen molar-refractivity contribution < 1.29 is 14.8 Å². The molecule has 3 aromatic carbocycles. The molecule has 0 fully saturated rings. The summed E-state index contributed by atoms with van der Waals surface area (Å²) >= 11 is 0. The van der Waals surface area contributed by atoms with E-state index in [-0.39, 0.29) is 17.8 Å². The fourth-order valence-electron chi connectivity index (χ4n) is 2.98. The first-order valence-electron chi connectivity index (χ1n) is 9.07. The standard InChI is InChI=1S/C22H21N3O4/c1-23-22(27)19-13-18(25(28)29)11-12-20(19)24-14-21(26)17-9-7-16(8-10-17)15-5-3-2-4-6-15/h2-13,21,24,26H,14H2,1H3,(H,23,27). The average molecular weight is 391 g/mol. The number of nitro benzene ring substituents is 1. The number of rotatable bonds is 7. The zero-order valence-electron chi connectivity index (χ0n) is 15.8. The predicted molar refractivity (Wildman–Crippen MR) is 112 cm³/mol. The fourth-order valence-corrected chi connectivity index (χ4v) is 2.98. The number of anilines is 1. The van der Waals surface area contributed by atoms with Crippen molar-refractivity contribution in [3.05, 3.63) is 94.0 Å². The van der Waals surface area contributed by atoms with Crippen LogP contribution in [0.25, 0.3) is 11.1 Å². The van der Waals surface area contributed by atoms with Gasteiger partial charge in [0.25, 0.3) is 11.6 Å². The van der Waals surface area contributed by atoms with Gasteiger partial charge in [0, 0.05) is 31.4 Å². The van der Waals surface area contributed by atoms with Crippen LogP contribution in [0.3, 0.4) is 0 Å². The second kappa shape index (κ2) is 8.99. The molecule has 0 radical (unpaired) electrons. The van der Waals surface area contributed by atoms with E-state index in [1.807, 2.05) is 54.6 Å². The van der Waals surface area contributed by atoms with Gasteiger partial charge in [0.2, 0.25) is 0 Å². The fraction of sp³-hybridized carbons (Fsp3) is 0.136. The number of carbonyl (C=O) groups is 1. The highest BCUT2D eigenvalue weighted by Gasteiger charge is 2.17. The minimum atomic E-state index is -0.812. The SMILES string of the molecule is CNC(=O)c1cc([N+](=O)[O-])ccc1NCC(O)c1ccc(-c2ccccc2)cc1. The van der Waals surface area contributed by atoms with E-state index >= 15 is 0 Å². The lowest BCUT2D eigenvalue weighted by atomic mass is 10.0. The maximum absolute atomic E-state index is 12.1. The molecule has 1 unspecified atom stereocenters. The number of aliphatic hydroxyl groups excluding tert-OH is 1. The van der Waals surface area contributed by atoms with Gasteiger partial charge in [-0.05, 0) is 22.8 Å². The van der Waals surface area contributed by atoms with Gasteiger partial charge in [-0.2, -0.15) is 0 Å². The quantitative estimate of drug-likeness (QED) is 0.420. The Labute approximate surface area is 168 Å². The smallest absolute Gasteiger partial charge is 0.270 e. The third kappa shape index (κ3) is 4.77. The molecule has 7 heteroatoms. The van der Waals surface area contributed by atoms with Gasteiger partial charge in [0.1, 0.15) is 0 Å². The molecule has 0 heterocycles. The van der Waals surface area contributed by atoms with Crippen LogP contribution >= 0.6 is 0 Å². The van der Waals surface area contributed by atoms with Gasteiger partial charge in [-0.1, -0.05) is 54.6 Å². The number of aliphatic hydroxyl groups is 1. The molecule has 1 atom stereocenters. The van der Waals surface area contributed by atoms with Crippen LogP contribution in [0.2, 0.25) is 0 Å². The molecule has 0 saturated carbocycles. The largest absolute Gasteiger partial charge is 0.387 e. The second-order valence-electron chi connectivity index (χ2n) is 6.45. The Balaban J connectivity index is 1.72. The Bertz CT molecular complexity index is 1000. The summed E-state index contributed by atoms with van der Waals surface area (Å²) in [7, 11) is 1.45. The first-order valence-corrected chi connectivity index (χ1v) is 9.07. The number of benzene rings is 3. The Morgan fingerprint density at radius 3 is 2.31 bits per heavy atom. The summed E-state index contributed by atoms with van der Waals surface area (Å²) in [6.45, 7) is 0.145. The molecule has 7 nitrogen and oxygen atoms in total. The number of non-ortho nitro benzene ring substituents is 1. The van der Waals surface area contributed by atoms with Crippen molar-refractivity contribution in [2.45, 2.75) is 6.10 Å². The molecule has 0 saturated heterocycles. The van der Waals surface area contributed by atoms with Crippen molar-refractivity contribution in [1.82, 2.24) is 5.32 Å². The molecule has 0 bridgehead atoms. The summed E-state index contributed by atoms with van der Waals surface area (Å²) in [4.78, 5) is 22.5. The van der Waals surface area contributed by atoms with Gasteiger partial charge in [-0.25, -0.2) is 0 Å². The Hall–Kier alpha value is -3.71. The molecule has 3 rings (SSSR count).